The lowest BCUT2D eigenvalue weighted by Crippen LogP contribution is -2.35. The van der Waals surface area contributed by atoms with Crippen molar-refractivity contribution < 1.29 is 4.42 Å². The summed E-state index contributed by atoms with van der Waals surface area (Å²) in [6, 6.07) is 6.10. The van der Waals surface area contributed by atoms with Crippen LogP contribution in [0.3, 0.4) is 0 Å². The predicted molar refractivity (Wildman–Crippen MR) is 66.6 cm³/mol. The number of benzene rings is 1. The summed E-state index contributed by atoms with van der Waals surface area (Å²) in [4.78, 5) is 4.32. The van der Waals surface area contributed by atoms with Crippen molar-refractivity contribution in [3.05, 3.63) is 29.7 Å². The number of hydrogen-bond donors (Lipinski definition) is 2. The minimum Gasteiger partial charge on any atom is -0.441 e. The van der Waals surface area contributed by atoms with Crippen LogP contribution in [0.1, 0.15) is 24.3 Å². The van der Waals surface area contributed by atoms with Gasteiger partial charge in [0.1, 0.15) is 5.52 Å². The molecule has 0 aliphatic heterocycles. The summed E-state index contributed by atoms with van der Waals surface area (Å²) in [6.45, 7) is 3.59. The number of rotatable bonds is 4. The number of nitrogens with zero attached hydrogens (tertiary/aromatic N) is 1. The fourth-order valence-electron chi connectivity index (χ4n) is 1.99. The molecule has 4 heteroatoms. The Morgan fingerprint density at radius 3 is 3.06 bits per heavy atom. The Hall–Kier alpha value is -1.39. The van der Waals surface area contributed by atoms with Crippen LogP contribution in [-0.4, -0.2) is 17.1 Å². The number of nitrogens with two attached hydrogens (primary N) is 1. The van der Waals surface area contributed by atoms with E-state index < -0.39 is 0 Å². The topological polar surface area (TPSA) is 64.1 Å². The first-order valence-corrected chi connectivity index (χ1v) is 6.00. The molecule has 0 amide bonds. The average molecular weight is 231 g/mol. The van der Waals surface area contributed by atoms with E-state index in [1.54, 1.807) is 0 Å². The molecule has 3 N–H and O–H groups in total. The number of hydrogen-bond acceptors (Lipinski definition) is 4. The number of fused-ring (bicyclic) bond motifs is 1. The van der Waals surface area contributed by atoms with Gasteiger partial charge in [-0.15, -0.1) is 0 Å². The molecule has 0 unspecified atom stereocenters. The Kier molecular flexibility index (Phi) is 2.42. The van der Waals surface area contributed by atoms with E-state index in [0.29, 0.717) is 5.89 Å². The summed E-state index contributed by atoms with van der Waals surface area (Å²) in [5.74, 6) is 0.712. The molecular formula is C13H17N3O. The van der Waals surface area contributed by atoms with Crippen molar-refractivity contribution in [3.63, 3.8) is 0 Å². The minimum absolute atomic E-state index is 0.0641. The molecule has 0 saturated heterocycles. The van der Waals surface area contributed by atoms with Crippen LogP contribution in [0.15, 0.2) is 22.6 Å². The van der Waals surface area contributed by atoms with E-state index in [1.807, 2.05) is 13.0 Å². The minimum atomic E-state index is 0.0641. The molecule has 1 aliphatic rings. The lowest BCUT2D eigenvalue weighted by molar-refractivity contribution is 0.560. The third-order valence-corrected chi connectivity index (χ3v) is 3.26. The van der Waals surface area contributed by atoms with Crippen LogP contribution in [0.4, 0.5) is 0 Å². The largest absolute Gasteiger partial charge is 0.441 e. The zero-order chi connectivity index (χ0) is 11.9. The Labute approximate surface area is 100 Å². The van der Waals surface area contributed by atoms with Gasteiger partial charge < -0.3 is 15.5 Å². The summed E-state index contributed by atoms with van der Waals surface area (Å²) < 4.78 is 5.44. The van der Waals surface area contributed by atoms with Crippen molar-refractivity contribution in [2.45, 2.75) is 31.8 Å². The molecule has 1 aromatic carbocycles. The van der Waals surface area contributed by atoms with E-state index in [0.717, 1.165) is 37.0 Å². The van der Waals surface area contributed by atoms with E-state index in [1.165, 1.54) is 5.56 Å². The van der Waals surface area contributed by atoms with Crippen LogP contribution in [-0.2, 0) is 6.54 Å². The smallest absolute Gasteiger partial charge is 0.192 e. The molecule has 4 nitrogen and oxygen atoms in total. The number of aryl methyl sites for hydroxylation is 1. The highest BCUT2D eigenvalue weighted by Crippen LogP contribution is 2.31. The number of oxazole rings is 1. The first-order valence-electron chi connectivity index (χ1n) is 6.00. The Bertz CT molecular complexity index is 543. The van der Waals surface area contributed by atoms with E-state index in [4.69, 9.17) is 10.2 Å². The van der Waals surface area contributed by atoms with E-state index in [9.17, 15) is 0 Å². The average Bonchev–Trinajstić information content (AvgIpc) is 2.89. The van der Waals surface area contributed by atoms with Crippen molar-refractivity contribution in [3.8, 4) is 0 Å². The fourth-order valence-corrected chi connectivity index (χ4v) is 1.99. The molecule has 3 rings (SSSR count). The third-order valence-electron chi connectivity index (χ3n) is 3.26. The highest BCUT2D eigenvalue weighted by Gasteiger charge is 2.37. The predicted octanol–water partition coefficient (Wildman–Crippen LogP) is 1.72. The van der Waals surface area contributed by atoms with Gasteiger partial charge in [0.15, 0.2) is 11.5 Å². The first-order chi connectivity index (χ1) is 8.15. The van der Waals surface area contributed by atoms with Gasteiger partial charge >= 0.3 is 0 Å². The van der Waals surface area contributed by atoms with Crippen molar-refractivity contribution in [2.75, 3.05) is 6.54 Å². The molecule has 1 saturated carbocycles. The van der Waals surface area contributed by atoms with E-state index >= 15 is 0 Å². The van der Waals surface area contributed by atoms with Gasteiger partial charge in [-0.05, 0) is 30.5 Å². The van der Waals surface area contributed by atoms with Gasteiger partial charge in [0.05, 0.1) is 0 Å². The maximum Gasteiger partial charge on any atom is 0.192 e. The first kappa shape index (κ1) is 10.7. The normalized spacial score (nSPS) is 17.5. The molecule has 2 aromatic rings. The Balaban J connectivity index is 1.67. The van der Waals surface area contributed by atoms with Crippen molar-refractivity contribution in [1.82, 2.24) is 10.3 Å². The second kappa shape index (κ2) is 3.82. The van der Waals surface area contributed by atoms with Crippen molar-refractivity contribution >= 4 is 11.1 Å². The van der Waals surface area contributed by atoms with Crippen LogP contribution in [0.25, 0.3) is 11.1 Å². The van der Waals surface area contributed by atoms with Crippen LogP contribution < -0.4 is 11.1 Å². The van der Waals surface area contributed by atoms with E-state index in [2.05, 4.69) is 22.4 Å². The van der Waals surface area contributed by atoms with E-state index in [-0.39, 0.29) is 5.54 Å². The molecule has 0 spiro atoms. The molecule has 1 aliphatic carbocycles. The molecule has 1 aromatic heterocycles. The molecule has 90 valence electrons. The number of nitrogens with one attached hydrogen (secondary N) is 1. The van der Waals surface area contributed by atoms with Crippen LogP contribution in [0.2, 0.25) is 0 Å². The zero-order valence-electron chi connectivity index (χ0n) is 9.99. The summed E-state index contributed by atoms with van der Waals surface area (Å²) in [7, 11) is 0. The Morgan fingerprint density at radius 2 is 2.29 bits per heavy atom. The second-order valence-electron chi connectivity index (χ2n) is 5.00. The van der Waals surface area contributed by atoms with Crippen molar-refractivity contribution in [1.29, 1.82) is 0 Å². The monoisotopic (exact) mass is 231 g/mol. The summed E-state index contributed by atoms with van der Waals surface area (Å²) in [6.07, 6.45) is 2.28. The van der Waals surface area contributed by atoms with Gasteiger partial charge in [0.2, 0.25) is 0 Å². The quantitative estimate of drug-likeness (QED) is 0.841. The maximum absolute atomic E-state index is 6.01. The van der Waals surface area contributed by atoms with Crippen LogP contribution in [0, 0.1) is 6.92 Å². The lowest BCUT2D eigenvalue weighted by atomic mass is 10.2. The molecule has 0 bridgehead atoms. The van der Waals surface area contributed by atoms with Gasteiger partial charge in [0, 0.05) is 25.6 Å². The standard InChI is InChI=1S/C13H17N3O/c1-9-16-11-6-10(2-3-12(11)17-9)7-15-8-13(14)4-5-13/h2-3,6,15H,4-5,7-8,14H2,1H3. The van der Waals surface area contributed by atoms with Crippen molar-refractivity contribution in [2.24, 2.45) is 5.73 Å². The molecule has 0 atom stereocenters. The summed E-state index contributed by atoms with van der Waals surface area (Å²) >= 11 is 0. The molecular weight excluding hydrogens is 214 g/mol. The van der Waals surface area contributed by atoms with Gasteiger partial charge in [0.25, 0.3) is 0 Å². The van der Waals surface area contributed by atoms with Crippen LogP contribution >= 0.6 is 0 Å². The third kappa shape index (κ3) is 2.33. The molecule has 0 radical (unpaired) electrons. The van der Waals surface area contributed by atoms with Gasteiger partial charge in [-0.25, -0.2) is 4.98 Å². The van der Waals surface area contributed by atoms with Gasteiger partial charge in [-0.2, -0.15) is 0 Å². The van der Waals surface area contributed by atoms with Gasteiger partial charge in [-0.3, -0.25) is 0 Å². The number of aromatic nitrogens is 1. The molecule has 1 fully saturated rings. The highest BCUT2D eigenvalue weighted by atomic mass is 16.3. The maximum atomic E-state index is 6.01. The Morgan fingerprint density at radius 1 is 1.47 bits per heavy atom. The lowest BCUT2D eigenvalue weighted by Gasteiger charge is -2.09. The molecule has 17 heavy (non-hydrogen) atoms. The van der Waals surface area contributed by atoms with Gasteiger partial charge in [-0.1, -0.05) is 6.07 Å². The summed E-state index contributed by atoms with van der Waals surface area (Å²) in [5.41, 5.74) is 9.07. The fraction of sp³-hybridized carbons (Fsp3) is 0.462. The zero-order valence-corrected chi connectivity index (χ0v) is 9.99. The van der Waals surface area contributed by atoms with Crippen LogP contribution in [0.5, 0.6) is 0 Å². The SMILES string of the molecule is Cc1nc2cc(CNCC3(N)CC3)ccc2o1. The molecule has 1 heterocycles. The second-order valence-corrected chi connectivity index (χ2v) is 5.00. The highest BCUT2D eigenvalue weighted by molar-refractivity contribution is 5.73. The summed E-state index contributed by atoms with van der Waals surface area (Å²) in [5, 5.41) is 3.39.